The van der Waals surface area contributed by atoms with Crippen molar-refractivity contribution in [1.29, 1.82) is 0 Å². The number of hydrogen-bond donors (Lipinski definition) is 3. The maximum Gasteiger partial charge on any atom is 0.241 e. The van der Waals surface area contributed by atoms with Crippen LogP contribution < -0.4 is 10.6 Å². The number of benzene rings is 1. The van der Waals surface area contributed by atoms with E-state index in [1.807, 2.05) is 30.3 Å². The second-order valence-corrected chi connectivity index (χ2v) is 6.92. The van der Waals surface area contributed by atoms with Crippen molar-refractivity contribution in [3.63, 3.8) is 0 Å². The number of halogens is 1. The van der Waals surface area contributed by atoms with Crippen LogP contribution in [0, 0.1) is 5.41 Å². The summed E-state index contributed by atoms with van der Waals surface area (Å²) in [5.74, 6) is 0.571. The lowest BCUT2D eigenvalue weighted by atomic mass is 9.84. The Kier molecular flexibility index (Phi) is 10.6. The first-order chi connectivity index (χ1) is 12.5. The summed E-state index contributed by atoms with van der Waals surface area (Å²) in [5, 5.41) is 15.8. The Hall–Kier alpha value is -1.39. The minimum absolute atomic E-state index is 0. The Labute approximate surface area is 178 Å². The number of ether oxygens (including phenoxy) is 1. The number of likely N-dealkylation sites (N-methyl/N-ethyl adjacent to an activating group) is 1. The molecule has 8 heteroatoms. The highest BCUT2D eigenvalue weighted by Gasteiger charge is 2.34. The number of nitrogens with one attached hydrogen (secondary N) is 2. The van der Waals surface area contributed by atoms with Gasteiger partial charge in [0.2, 0.25) is 5.91 Å². The monoisotopic (exact) mass is 490 g/mol. The first kappa shape index (κ1) is 23.6. The van der Waals surface area contributed by atoms with Crippen molar-refractivity contribution in [1.82, 2.24) is 15.5 Å². The number of aliphatic hydroxyl groups is 1. The predicted molar refractivity (Wildman–Crippen MR) is 117 cm³/mol. The number of carbonyl (C=O) groups excluding carboxylic acids is 1. The van der Waals surface area contributed by atoms with Gasteiger partial charge in [-0.2, -0.15) is 0 Å². The van der Waals surface area contributed by atoms with E-state index in [1.54, 1.807) is 19.0 Å². The van der Waals surface area contributed by atoms with E-state index in [4.69, 9.17) is 4.74 Å². The van der Waals surface area contributed by atoms with E-state index in [-0.39, 0.29) is 48.5 Å². The number of hydrogen-bond acceptors (Lipinski definition) is 4. The molecule has 0 aliphatic carbocycles. The number of aliphatic imine (C=N–C) groups is 1. The number of nitrogens with zero attached hydrogens (tertiary/aromatic N) is 2. The molecule has 0 saturated carbocycles. The van der Waals surface area contributed by atoms with Gasteiger partial charge in [0, 0.05) is 39.3 Å². The van der Waals surface area contributed by atoms with Gasteiger partial charge in [-0.3, -0.25) is 4.79 Å². The van der Waals surface area contributed by atoms with Gasteiger partial charge in [0.15, 0.2) is 5.96 Å². The predicted octanol–water partition coefficient (Wildman–Crippen LogP) is 1.22. The molecule has 27 heavy (non-hydrogen) atoms. The highest BCUT2D eigenvalue weighted by Crippen LogP contribution is 2.31. The van der Waals surface area contributed by atoms with E-state index in [0.29, 0.717) is 38.7 Å². The average molecular weight is 490 g/mol. The van der Waals surface area contributed by atoms with Crippen LogP contribution in [0.15, 0.2) is 35.3 Å². The first-order valence-electron chi connectivity index (χ1n) is 8.99. The van der Waals surface area contributed by atoms with Crippen LogP contribution in [0.2, 0.25) is 0 Å². The SMILES string of the molecule is CN(C)C(=O)CNC(=NCc1ccccc1)NCC1(CCO)CCOC1.I. The maximum absolute atomic E-state index is 11.9. The molecule has 152 valence electrons. The minimum atomic E-state index is -0.0878. The lowest BCUT2D eigenvalue weighted by molar-refractivity contribution is -0.127. The molecule has 1 unspecified atom stereocenters. The molecule has 1 amide bonds. The van der Waals surface area contributed by atoms with Gasteiger partial charge in [-0.15, -0.1) is 24.0 Å². The Morgan fingerprint density at radius 1 is 1.30 bits per heavy atom. The third-order valence-electron chi connectivity index (χ3n) is 4.63. The van der Waals surface area contributed by atoms with E-state index in [0.717, 1.165) is 12.0 Å². The van der Waals surface area contributed by atoms with Gasteiger partial charge >= 0.3 is 0 Å². The standard InChI is InChI=1S/C19H30N4O3.HI/c1-23(2)17(25)13-21-18(20-12-16-6-4-3-5-7-16)22-14-19(8-10-24)9-11-26-15-19;/h3-7,24H,8-15H2,1-2H3,(H2,20,21,22);1H. The zero-order chi connectivity index (χ0) is 18.8. The zero-order valence-corrected chi connectivity index (χ0v) is 18.4. The Balaban J connectivity index is 0.00000364. The normalized spacial score (nSPS) is 19.3. The highest BCUT2D eigenvalue weighted by atomic mass is 127. The molecule has 0 radical (unpaired) electrons. The van der Waals surface area contributed by atoms with Crippen molar-refractivity contribution >= 4 is 35.8 Å². The average Bonchev–Trinajstić information content (AvgIpc) is 3.10. The lowest BCUT2D eigenvalue weighted by Crippen LogP contribution is -2.47. The number of carbonyl (C=O) groups is 1. The summed E-state index contributed by atoms with van der Waals surface area (Å²) in [4.78, 5) is 18.0. The highest BCUT2D eigenvalue weighted by molar-refractivity contribution is 14.0. The van der Waals surface area contributed by atoms with Gasteiger partial charge in [-0.05, 0) is 18.4 Å². The van der Waals surface area contributed by atoms with Gasteiger partial charge in [-0.1, -0.05) is 30.3 Å². The number of guanidine groups is 1. The third kappa shape index (κ3) is 8.02. The molecule has 1 aliphatic heterocycles. The number of aliphatic hydroxyl groups excluding tert-OH is 1. The first-order valence-corrected chi connectivity index (χ1v) is 8.99. The lowest BCUT2D eigenvalue weighted by Gasteiger charge is -2.28. The summed E-state index contributed by atoms with van der Waals surface area (Å²) in [6.07, 6.45) is 1.59. The fourth-order valence-electron chi connectivity index (χ4n) is 2.83. The molecular formula is C19H31IN4O3. The molecule has 1 saturated heterocycles. The summed E-state index contributed by atoms with van der Waals surface area (Å²) in [7, 11) is 3.45. The minimum Gasteiger partial charge on any atom is -0.396 e. The van der Waals surface area contributed by atoms with Crippen LogP contribution in [0.25, 0.3) is 0 Å². The molecule has 1 aromatic rings. The molecular weight excluding hydrogens is 459 g/mol. The van der Waals surface area contributed by atoms with Crippen molar-refractivity contribution < 1.29 is 14.6 Å². The van der Waals surface area contributed by atoms with E-state index in [1.165, 1.54) is 0 Å². The molecule has 1 fully saturated rings. The van der Waals surface area contributed by atoms with Gasteiger partial charge in [0.25, 0.3) is 0 Å². The molecule has 0 spiro atoms. The van der Waals surface area contributed by atoms with Crippen LogP contribution >= 0.6 is 24.0 Å². The maximum atomic E-state index is 11.9. The van der Waals surface area contributed by atoms with Gasteiger partial charge in [0.1, 0.15) is 0 Å². The van der Waals surface area contributed by atoms with Crippen molar-refractivity contribution in [3.8, 4) is 0 Å². The molecule has 0 aromatic heterocycles. The second kappa shape index (κ2) is 12.1. The molecule has 7 nitrogen and oxygen atoms in total. The van der Waals surface area contributed by atoms with Gasteiger partial charge in [0.05, 0.1) is 19.7 Å². The van der Waals surface area contributed by atoms with Gasteiger partial charge in [-0.25, -0.2) is 4.99 Å². The van der Waals surface area contributed by atoms with Gasteiger partial charge < -0.3 is 25.4 Å². The molecule has 1 aliphatic rings. The molecule has 1 heterocycles. The van der Waals surface area contributed by atoms with Crippen molar-refractivity contribution in [3.05, 3.63) is 35.9 Å². The smallest absolute Gasteiger partial charge is 0.241 e. The fraction of sp³-hybridized carbons (Fsp3) is 0.579. The van der Waals surface area contributed by atoms with Crippen LogP contribution in [0.3, 0.4) is 0 Å². The van der Waals surface area contributed by atoms with E-state index in [9.17, 15) is 9.90 Å². The summed E-state index contributed by atoms with van der Waals surface area (Å²) < 4.78 is 5.53. The third-order valence-corrected chi connectivity index (χ3v) is 4.63. The number of rotatable bonds is 8. The summed E-state index contributed by atoms with van der Waals surface area (Å²) in [6, 6.07) is 9.97. The van der Waals surface area contributed by atoms with Crippen LogP contribution in [-0.4, -0.2) is 68.9 Å². The summed E-state index contributed by atoms with van der Waals surface area (Å²) in [6.45, 7) is 2.82. The molecule has 1 aromatic carbocycles. The molecule has 2 rings (SSSR count). The van der Waals surface area contributed by atoms with E-state index >= 15 is 0 Å². The number of amides is 1. The summed E-state index contributed by atoms with van der Waals surface area (Å²) in [5.41, 5.74) is 1.01. The van der Waals surface area contributed by atoms with Crippen molar-refractivity contribution in [2.24, 2.45) is 10.4 Å². The van der Waals surface area contributed by atoms with Crippen LogP contribution in [0.5, 0.6) is 0 Å². The largest absolute Gasteiger partial charge is 0.396 e. The molecule has 3 N–H and O–H groups in total. The fourth-order valence-corrected chi connectivity index (χ4v) is 2.83. The topological polar surface area (TPSA) is 86.2 Å². The molecule has 0 bridgehead atoms. The summed E-state index contributed by atoms with van der Waals surface area (Å²) >= 11 is 0. The zero-order valence-electron chi connectivity index (χ0n) is 16.1. The van der Waals surface area contributed by atoms with Crippen molar-refractivity contribution in [2.45, 2.75) is 19.4 Å². The molecule has 1 atom stereocenters. The Morgan fingerprint density at radius 2 is 2.04 bits per heavy atom. The quantitative estimate of drug-likeness (QED) is 0.290. The van der Waals surface area contributed by atoms with E-state index < -0.39 is 0 Å². The second-order valence-electron chi connectivity index (χ2n) is 6.92. The van der Waals surface area contributed by atoms with Crippen LogP contribution in [0.4, 0.5) is 0 Å². The van der Waals surface area contributed by atoms with Crippen LogP contribution in [0.1, 0.15) is 18.4 Å². The van der Waals surface area contributed by atoms with Crippen LogP contribution in [-0.2, 0) is 16.1 Å². The van der Waals surface area contributed by atoms with E-state index in [2.05, 4.69) is 15.6 Å². The Bertz CT molecular complexity index is 590. The van der Waals surface area contributed by atoms with Crippen molar-refractivity contribution in [2.75, 3.05) is 47.0 Å². The Morgan fingerprint density at radius 3 is 2.63 bits per heavy atom.